The van der Waals surface area contributed by atoms with Crippen LogP contribution in [0, 0.1) is 0 Å². The average Bonchev–Trinajstić information content (AvgIpc) is 2.44. The molecular formula is C15H24ClNO3. The van der Waals surface area contributed by atoms with E-state index in [0.717, 1.165) is 24.3 Å². The first-order chi connectivity index (χ1) is 9.19. The van der Waals surface area contributed by atoms with Gasteiger partial charge in [-0.2, -0.15) is 0 Å². The molecule has 0 aliphatic carbocycles. The lowest BCUT2D eigenvalue weighted by molar-refractivity contribution is -0.144. The Morgan fingerprint density at radius 3 is 2.40 bits per heavy atom. The van der Waals surface area contributed by atoms with Gasteiger partial charge in [-0.05, 0) is 31.0 Å². The lowest BCUT2D eigenvalue weighted by atomic mass is 10.1. The lowest BCUT2D eigenvalue weighted by Crippen LogP contribution is -2.23. The van der Waals surface area contributed by atoms with Crippen molar-refractivity contribution >= 4 is 18.4 Å². The summed E-state index contributed by atoms with van der Waals surface area (Å²) in [6.45, 7) is 4.98. The largest absolute Gasteiger partial charge is 0.494 e. The normalized spacial score (nSPS) is 11.3. The second-order valence-electron chi connectivity index (χ2n) is 4.35. The highest BCUT2D eigenvalue weighted by atomic mass is 35.5. The SMILES string of the molecule is CCCCCOc1ccc(C(N)C(=O)OCC)cc1.Cl. The summed E-state index contributed by atoms with van der Waals surface area (Å²) < 4.78 is 10.5. The van der Waals surface area contributed by atoms with E-state index < -0.39 is 12.0 Å². The van der Waals surface area contributed by atoms with Gasteiger partial charge in [-0.15, -0.1) is 12.4 Å². The molecule has 0 saturated heterocycles. The molecule has 0 aromatic heterocycles. The first-order valence-corrected chi connectivity index (χ1v) is 6.84. The minimum absolute atomic E-state index is 0. The van der Waals surface area contributed by atoms with Crippen LogP contribution < -0.4 is 10.5 Å². The maximum absolute atomic E-state index is 11.5. The highest BCUT2D eigenvalue weighted by Gasteiger charge is 2.16. The third-order valence-electron chi connectivity index (χ3n) is 2.80. The van der Waals surface area contributed by atoms with Crippen molar-refractivity contribution in [2.75, 3.05) is 13.2 Å². The van der Waals surface area contributed by atoms with Gasteiger partial charge in [0.25, 0.3) is 0 Å². The molecule has 0 amide bonds. The van der Waals surface area contributed by atoms with Crippen LogP contribution in [0.15, 0.2) is 24.3 Å². The molecule has 2 N–H and O–H groups in total. The fraction of sp³-hybridized carbons (Fsp3) is 0.533. The third-order valence-corrected chi connectivity index (χ3v) is 2.80. The topological polar surface area (TPSA) is 61.5 Å². The molecule has 4 nitrogen and oxygen atoms in total. The van der Waals surface area contributed by atoms with Crippen LogP contribution in [0.3, 0.4) is 0 Å². The molecule has 0 aliphatic heterocycles. The number of ether oxygens (including phenoxy) is 2. The zero-order valence-electron chi connectivity index (χ0n) is 12.1. The van der Waals surface area contributed by atoms with Gasteiger partial charge in [0.2, 0.25) is 0 Å². The maximum Gasteiger partial charge on any atom is 0.327 e. The average molecular weight is 302 g/mol. The zero-order chi connectivity index (χ0) is 14.1. The van der Waals surface area contributed by atoms with Crippen molar-refractivity contribution in [2.24, 2.45) is 5.73 Å². The van der Waals surface area contributed by atoms with Crippen molar-refractivity contribution in [1.82, 2.24) is 0 Å². The van der Waals surface area contributed by atoms with Crippen molar-refractivity contribution in [3.05, 3.63) is 29.8 Å². The van der Waals surface area contributed by atoms with Crippen LogP contribution in [0.25, 0.3) is 0 Å². The molecule has 0 heterocycles. The first kappa shape index (κ1) is 18.7. The summed E-state index contributed by atoms with van der Waals surface area (Å²) in [7, 11) is 0. The smallest absolute Gasteiger partial charge is 0.327 e. The summed E-state index contributed by atoms with van der Waals surface area (Å²) in [6, 6.07) is 6.54. The van der Waals surface area contributed by atoms with Crippen molar-refractivity contribution < 1.29 is 14.3 Å². The quantitative estimate of drug-likeness (QED) is 0.591. The number of rotatable bonds is 8. The number of hydrogen-bond acceptors (Lipinski definition) is 4. The molecule has 0 radical (unpaired) electrons. The molecular weight excluding hydrogens is 278 g/mol. The van der Waals surface area contributed by atoms with E-state index in [1.807, 2.05) is 12.1 Å². The van der Waals surface area contributed by atoms with Crippen LogP contribution in [0.4, 0.5) is 0 Å². The van der Waals surface area contributed by atoms with Gasteiger partial charge in [0.15, 0.2) is 0 Å². The molecule has 0 fully saturated rings. The molecule has 1 rings (SSSR count). The van der Waals surface area contributed by atoms with E-state index in [0.29, 0.717) is 6.61 Å². The molecule has 0 saturated carbocycles. The summed E-state index contributed by atoms with van der Waals surface area (Å²) in [4.78, 5) is 11.5. The Hall–Kier alpha value is -1.26. The molecule has 1 aromatic carbocycles. The van der Waals surface area contributed by atoms with Gasteiger partial charge in [-0.1, -0.05) is 31.9 Å². The van der Waals surface area contributed by atoms with Crippen molar-refractivity contribution in [3.63, 3.8) is 0 Å². The number of carbonyl (C=O) groups excluding carboxylic acids is 1. The van der Waals surface area contributed by atoms with Gasteiger partial charge in [0.05, 0.1) is 13.2 Å². The zero-order valence-corrected chi connectivity index (χ0v) is 12.9. The molecule has 0 bridgehead atoms. The van der Waals surface area contributed by atoms with Crippen LogP contribution in [-0.2, 0) is 9.53 Å². The van der Waals surface area contributed by atoms with Gasteiger partial charge in [0, 0.05) is 0 Å². The van der Waals surface area contributed by atoms with E-state index in [2.05, 4.69) is 6.92 Å². The number of halogens is 1. The Morgan fingerprint density at radius 1 is 1.20 bits per heavy atom. The molecule has 5 heteroatoms. The number of nitrogens with two attached hydrogens (primary N) is 1. The van der Waals surface area contributed by atoms with E-state index in [1.165, 1.54) is 12.8 Å². The van der Waals surface area contributed by atoms with E-state index in [4.69, 9.17) is 15.2 Å². The minimum Gasteiger partial charge on any atom is -0.494 e. The molecule has 20 heavy (non-hydrogen) atoms. The number of unbranched alkanes of at least 4 members (excludes halogenated alkanes) is 2. The van der Waals surface area contributed by atoms with Gasteiger partial charge in [0.1, 0.15) is 11.8 Å². The molecule has 114 valence electrons. The number of hydrogen-bond donors (Lipinski definition) is 1. The maximum atomic E-state index is 11.5. The highest BCUT2D eigenvalue weighted by molar-refractivity contribution is 5.85. The van der Waals surface area contributed by atoms with Crippen LogP contribution in [0.5, 0.6) is 5.75 Å². The Kier molecular flexibility index (Phi) is 9.86. The second kappa shape index (κ2) is 10.5. The van der Waals surface area contributed by atoms with Crippen molar-refractivity contribution in [2.45, 2.75) is 39.2 Å². The fourth-order valence-electron chi connectivity index (χ4n) is 1.68. The van der Waals surface area contributed by atoms with Crippen LogP contribution in [0.2, 0.25) is 0 Å². The van der Waals surface area contributed by atoms with E-state index >= 15 is 0 Å². The summed E-state index contributed by atoms with van der Waals surface area (Å²) >= 11 is 0. The summed E-state index contributed by atoms with van der Waals surface area (Å²) in [5.41, 5.74) is 6.53. The number of esters is 1. The van der Waals surface area contributed by atoms with Gasteiger partial charge in [-0.25, -0.2) is 4.79 Å². The van der Waals surface area contributed by atoms with Gasteiger partial charge in [-0.3, -0.25) is 0 Å². The molecule has 0 aliphatic rings. The highest BCUT2D eigenvalue weighted by Crippen LogP contribution is 2.17. The van der Waals surface area contributed by atoms with E-state index in [1.54, 1.807) is 19.1 Å². The lowest BCUT2D eigenvalue weighted by Gasteiger charge is -2.12. The van der Waals surface area contributed by atoms with Gasteiger partial charge >= 0.3 is 5.97 Å². The van der Waals surface area contributed by atoms with Crippen LogP contribution >= 0.6 is 12.4 Å². The molecule has 1 unspecified atom stereocenters. The molecule has 1 aromatic rings. The van der Waals surface area contributed by atoms with Crippen molar-refractivity contribution in [1.29, 1.82) is 0 Å². The van der Waals surface area contributed by atoms with Crippen LogP contribution in [-0.4, -0.2) is 19.2 Å². The summed E-state index contributed by atoms with van der Waals surface area (Å²) in [6.07, 6.45) is 3.41. The van der Waals surface area contributed by atoms with E-state index in [9.17, 15) is 4.79 Å². The Balaban J connectivity index is 0.00000361. The fourth-order valence-corrected chi connectivity index (χ4v) is 1.68. The third kappa shape index (κ3) is 6.26. The Bertz CT molecular complexity index is 381. The van der Waals surface area contributed by atoms with Crippen molar-refractivity contribution in [3.8, 4) is 5.75 Å². The van der Waals surface area contributed by atoms with Crippen LogP contribution in [0.1, 0.15) is 44.7 Å². The summed E-state index contributed by atoms with van der Waals surface area (Å²) in [5, 5.41) is 0. The predicted molar refractivity (Wildman–Crippen MR) is 82.3 cm³/mol. The molecule has 0 spiro atoms. The monoisotopic (exact) mass is 301 g/mol. The number of benzene rings is 1. The predicted octanol–water partition coefficient (Wildman–Crippen LogP) is 3.24. The van der Waals surface area contributed by atoms with E-state index in [-0.39, 0.29) is 12.4 Å². The Morgan fingerprint density at radius 2 is 1.85 bits per heavy atom. The minimum atomic E-state index is -0.728. The summed E-state index contributed by atoms with van der Waals surface area (Å²) in [5.74, 6) is 0.398. The standard InChI is InChI=1S/C15H23NO3.ClH/c1-3-5-6-11-19-13-9-7-12(8-10-13)14(16)15(17)18-4-2;/h7-10,14H,3-6,11,16H2,1-2H3;1H. The first-order valence-electron chi connectivity index (χ1n) is 6.84. The molecule has 1 atom stereocenters. The van der Waals surface area contributed by atoms with Gasteiger partial charge < -0.3 is 15.2 Å². The Labute approximate surface area is 127 Å². The number of carbonyl (C=O) groups is 1. The second-order valence-corrected chi connectivity index (χ2v) is 4.35.